The van der Waals surface area contributed by atoms with Crippen LogP contribution in [0.2, 0.25) is 0 Å². The van der Waals surface area contributed by atoms with Gasteiger partial charge in [-0.05, 0) is 38.3 Å². The molecular formula is C18H23N5O2. The van der Waals surface area contributed by atoms with Crippen molar-refractivity contribution in [2.75, 3.05) is 26.2 Å². The normalized spacial score (nSPS) is 20.3. The van der Waals surface area contributed by atoms with Crippen molar-refractivity contribution in [3.8, 4) is 0 Å². The first kappa shape index (κ1) is 16.2. The van der Waals surface area contributed by atoms with Crippen molar-refractivity contribution >= 4 is 5.91 Å². The average molecular weight is 341 g/mol. The highest BCUT2D eigenvalue weighted by Gasteiger charge is 2.31. The molecule has 1 saturated carbocycles. The highest BCUT2D eigenvalue weighted by atomic mass is 16.5. The van der Waals surface area contributed by atoms with Crippen LogP contribution < -0.4 is 0 Å². The van der Waals surface area contributed by atoms with Crippen molar-refractivity contribution in [3.63, 3.8) is 0 Å². The molecule has 7 heteroatoms. The molecule has 1 amide bonds. The maximum Gasteiger partial charge on any atom is 0.272 e. The molecule has 25 heavy (non-hydrogen) atoms. The Hall–Kier alpha value is -2.28. The third-order valence-electron chi connectivity index (χ3n) is 5.01. The SMILES string of the molecule is C[C@@H](c1nc(C2CC2)no1)N1CCCN(C(=O)c2ccccn2)CC1. The molecule has 0 bridgehead atoms. The molecule has 2 aromatic rings. The number of amides is 1. The summed E-state index contributed by atoms with van der Waals surface area (Å²) >= 11 is 0. The number of rotatable bonds is 4. The van der Waals surface area contributed by atoms with Crippen LogP contribution in [-0.4, -0.2) is 57.0 Å². The van der Waals surface area contributed by atoms with E-state index in [1.54, 1.807) is 12.3 Å². The molecule has 0 N–H and O–H groups in total. The van der Waals surface area contributed by atoms with Crippen molar-refractivity contribution < 1.29 is 9.32 Å². The fraction of sp³-hybridized carbons (Fsp3) is 0.556. The number of carbonyl (C=O) groups is 1. The average Bonchev–Trinajstić information content (AvgIpc) is 3.43. The van der Waals surface area contributed by atoms with Gasteiger partial charge in [0.15, 0.2) is 5.82 Å². The van der Waals surface area contributed by atoms with Crippen LogP contribution >= 0.6 is 0 Å². The summed E-state index contributed by atoms with van der Waals surface area (Å²) in [7, 11) is 0. The van der Waals surface area contributed by atoms with E-state index in [-0.39, 0.29) is 11.9 Å². The van der Waals surface area contributed by atoms with Gasteiger partial charge in [0.1, 0.15) is 5.69 Å². The molecule has 1 aliphatic heterocycles. The molecule has 3 heterocycles. The van der Waals surface area contributed by atoms with E-state index in [2.05, 4.69) is 26.9 Å². The molecule has 1 aliphatic carbocycles. The van der Waals surface area contributed by atoms with Gasteiger partial charge in [0.2, 0.25) is 5.89 Å². The monoisotopic (exact) mass is 341 g/mol. The Morgan fingerprint density at radius 2 is 2.12 bits per heavy atom. The molecular weight excluding hydrogens is 318 g/mol. The molecule has 2 aliphatic rings. The third kappa shape index (κ3) is 3.56. The van der Waals surface area contributed by atoms with E-state index < -0.39 is 0 Å². The lowest BCUT2D eigenvalue weighted by Crippen LogP contribution is -2.36. The van der Waals surface area contributed by atoms with Gasteiger partial charge in [-0.3, -0.25) is 14.7 Å². The van der Waals surface area contributed by atoms with Gasteiger partial charge in [-0.25, -0.2) is 0 Å². The smallest absolute Gasteiger partial charge is 0.272 e. The molecule has 2 fully saturated rings. The Labute approximate surface area is 147 Å². The van der Waals surface area contributed by atoms with Crippen molar-refractivity contribution in [2.24, 2.45) is 0 Å². The Bertz CT molecular complexity index is 728. The molecule has 7 nitrogen and oxygen atoms in total. The van der Waals surface area contributed by atoms with Gasteiger partial charge in [-0.1, -0.05) is 11.2 Å². The van der Waals surface area contributed by atoms with E-state index in [1.165, 1.54) is 12.8 Å². The zero-order chi connectivity index (χ0) is 17.2. The van der Waals surface area contributed by atoms with Gasteiger partial charge in [0.05, 0.1) is 6.04 Å². The number of nitrogens with zero attached hydrogens (tertiary/aromatic N) is 5. The van der Waals surface area contributed by atoms with E-state index in [9.17, 15) is 4.79 Å². The quantitative estimate of drug-likeness (QED) is 0.849. The minimum Gasteiger partial charge on any atom is -0.338 e. The van der Waals surface area contributed by atoms with E-state index in [0.717, 1.165) is 31.9 Å². The second-order valence-electron chi connectivity index (χ2n) is 6.84. The zero-order valence-corrected chi connectivity index (χ0v) is 14.5. The Balaban J connectivity index is 1.39. The molecule has 2 aromatic heterocycles. The van der Waals surface area contributed by atoms with Crippen LogP contribution in [0.15, 0.2) is 28.9 Å². The van der Waals surface area contributed by atoms with Gasteiger partial charge >= 0.3 is 0 Å². The first-order valence-electron chi connectivity index (χ1n) is 9.00. The topological polar surface area (TPSA) is 75.4 Å². The maximum absolute atomic E-state index is 12.6. The molecule has 0 radical (unpaired) electrons. The van der Waals surface area contributed by atoms with Crippen LogP contribution in [0, 0.1) is 0 Å². The predicted molar refractivity (Wildman–Crippen MR) is 91.0 cm³/mol. The first-order chi connectivity index (χ1) is 12.2. The van der Waals surface area contributed by atoms with Crippen LogP contribution in [0.4, 0.5) is 0 Å². The van der Waals surface area contributed by atoms with Crippen molar-refractivity contribution in [1.29, 1.82) is 0 Å². The summed E-state index contributed by atoms with van der Waals surface area (Å²) < 4.78 is 5.47. The van der Waals surface area contributed by atoms with Gasteiger partial charge in [0, 0.05) is 38.3 Å². The zero-order valence-electron chi connectivity index (χ0n) is 14.5. The molecule has 0 unspecified atom stereocenters. The van der Waals surface area contributed by atoms with Gasteiger partial charge in [-0.2, -0.15) is 4.98 Å². The second kappa shape index (κ2) is 6.92. The first-order valence-corrected chi connectivity index (χ1v) is 9.00. The number of hydrogen-bond donors (Lipinski definition) is 0. The second-order valence-corrected chi connectivity index (χ2v) is 6.84. The molecule has 1 saturated heterocycles. The largest absolute Gasteiger partial charge is 0.338 e. The fourth-order valence-corrected chi connectivity index (χ4v) is 3.26. The summed E-state index contributed by atoms with van der Waals surface area (Å²) in [4.78, 5) is 25.5. The molecule has 132 valence electrons. The van der Waals surface area contributed by atoms with Crippen molar-refractivity contribution in [3.05, 3.63) is 41.8 Å². The number of pyridine rings is 1. The lowest BCUT2D eigenvalue weighted by molar-refractivity contribution is 0.0751. The van der Waals surface area contributed by atoms with Crippen LogP contribution in [0.3, 0.4) is 0 Å². The Kier molecular flexibility index (Phi) is 4.48. The van der Waals surface area contributed by atoms with Gasteiger partial charge in [0.25, 0.3) is 5.91 Å². The van der Waals surface area contributed by atoms with Crippen molar-refractivity contribution in [2.45, 2.75) is 38.1 Å². The van der Waals surface area contributed by atoms with E-state index in [4.69, 9.17) is 4.52 Å². The van der Waals surface area contributed by atoms with Gasteiger partial charge < -0.3 is 9.42 Å². The number of aromatic nitrogens is 3. The van der Waals surface area contributed by atoms with Crippen LogP contribution in [0.25, 0.3) is 0 Å². The molecule has 4 rings (SSSR count). The Morgan fingerprint density at radius 1 is 1.24 bits per heavy atom. The fourth-order valence-electron chi connectivity index (χ4n) is 3.26. The number of hydrogen-bond acceptors (Lipinski definition) is 6. The molecule has 1 atom stereocenters. The maximum atomic E-state index is 12.6. The summed E-state index contributed by atoms with van der Waals surface area (Å²) in [5, 5.41) is 4.11. The van der Waals surface area contributed by atoms with Crippen molar-refractivity contribution in [1.82, 2.24) is 24.9 Å². The highest BCUT2D eigenvalue weighted by Crippen LogP contribution is 2.38. The minimum absolute atomic E-state index is 0.00362. The minimum atomic E-state index is 0.00362. The summed E-state index contributed by atoms with van der Waals surface area (Å²) in [6, 6.07) is 5.51. The lowest BCUT2D eigenvalue weighted by atomic mass is 10.2. The molecule has 0 spiro atoms. The van der Waals surface area contributed by atoms with E-state index in [1.807, 2.05) is 17.0 Å². The van der Waals surface area contributed by atoms with E-state index in [0.29, 0.717) is 24.0 Å². The summed E-state index contributed by atoms with van der Waals surface area (Å²) in [6.07, 6.45) is 4.92. The summed E-state index contributed by atoms with van der Waals surface area (Å²) in [5.74, 6) is 2.04. The van der Waals surface area contributed by atoms with Crippen LogP contribution in [-0.2, 0) is 0 Å². The lowest BCUT2D eigenvalue weighted by Gasteiger charge is -2.25. The third-order valence-corrected chi connectivity index (χ3v) is 5.01. The highest BCUT2D eigenvalue weighted by molar-refractivity contribution is 5.92. The summed E-state index contributed by atoms with van der Waals surface area (Å²) in [6.45, 7) is 5.23. The molecule has 0 aromatic carbocycles. The summed E-state index contributed by atoms with van der Waals surface area (Å²) in [5.41, 5.74) is 0.509. The van der Waals surface area contributed by atoms with Crippen LogP contribution in [0.5, 0.6) is 0 Å². The standard InChI is InChI=1S/C18H23N5O2/c1-13(17-20-16(21-25-17)14-6-7-14)22-9-4-10-23(12-11-22)18(24)15-5-2-3-8-19-15/h2-3,5,8,13-14H,4,6-7,9-12H2,1H3/t13-/m0/s1. The van der Waals surface area contributed by atoms with E-state index >= 15 is 0 Å². The predicted octanol–water partition coefficient (Wildman–Crippen LogP) is 2.25. The Morgan fingerprint density at radius 3 is 2.88 bits per heavy atom. The van der Waals surface area contributed by atoms with Gasteiger partial charge in [-0.15, -0.1) is 0 Å². The van der Waals surface area contributed by atoms with Crippen LogP contribution in [0.1, 0.15) is 60.3 Å². The number of carbonyl (C=O) groups excluding carboxylic acids is 1.